The predicted octanol–water partition coefficient (Wildman–Crippen LogP) is 2.15. The summed E-state index contributed by atoms with van der Waals surface area (Å²) < 4.78 is 7.62. The first-order valence-electron chi connectivity index (χ1n) is 7.03. The van der Waals surface area contributed by atoms with Crippen molar-refractivity contribution in [3.8, 4) is 0 Å². The molecule has 2 rings (SSSR count). The normalized spacial score (nSPS) is 27.3. The van der Waals surface area contributed by atoms with Crippen molar-refractivity contribution in [3.05, 3.63) is 18.0 Å². The van der Waals surface area contributed by atoms with Crippen molar-refractivity contribution < 1.29 is 4.74 Å². The monoisotopic (exact) mass is 251 g/mol. The molecule has 1 fully saturated rings. The van der Waals surface area contributed by atoms with E-state index in [4.69, 9.17) is 10.5 Å². The maximum atomic E-state index is 6.29. The Morgan fingerprint density at radius 1 is 1.61 bits per heavy atom. The number of nitrogens with two attached hydrogens (primary N) is 1. The van der Waals surface area contributed by atoms with Crippen molar-refractivity contribution in [3.63, 3.8) is 0 Å². The van der Waals surface area contributed by atoms with E-state index in [9.17, 15) is 0 Å². The zero-order chi connectivity index (χ0) is 13.1. The molecule has 1 aromatic heterocycles. The van der Waals surface area contributed by atoms with Gasteiger partial charge in [0.15, 0.2) is 0 Å². The summed E-state index contributed by atoms with van der Waals surface area (Å²) >= 11 is 0. The number of hydrogen-bond acceptors (Lipinski definition) is 3. The highest BCUT2D eigenvalue weighted by Gasteiger charge is 2.30. The Morgan fingerprint density at radius 2 is 2.39 bits per heavy atom. The summed E-state index contributed by atoms with van der Waals surface area (Å²) in [5.41, 5.74) is 7.39. The van der Waals surface area contributed by atoms with Crippen LogP contribution in [0.15, 0.2) is 12.3 Å². The molecule has 1 aliphatic rings. The first kappa shape index (κ1) is 13.6. The number of hydrogen-bond donors (Lipinski definition) is 1. The summed E-state index contributed by atoms with van der Waals surface area (Å²) in [4.78, 5) is 0. The molecule has 0 aromatic carbocycles. The van der Waals surface area contributed by atoms with E-state index in [0.29, 0.717) is 12.0 Å². The van der Waals surface area contributed by atoms with Crippen LogP contribution in [0.2, 0.25) is 0 Å². The van der Waals surface area contributed by atoms with Gasteiger partial charge in [0.2, 0.25) is 0 Å². The Kier molecular flexibility index (Phi) is 4.40. The molecule has 4 atom stereocenters. The van der Waals surface area contributed by atoms with Crippen molar-refractivity contribution in [1.82, 2.24) is 9.78 Å². The molecule has 1 aliphatic heterocycles. The fourth-order valence-electron chi connectivity index (χ4n) is 2.62. The van der Waals surface area contributed by atoms with E-state index >= 15 is 0 Å². The summed E-state index contributed by atoms with van der Waals surface area (Å²) in [5, 5.41) is 4.61. The van der Waals surface area contributed by atoms with Crippen molar-refractivity contribution >= 4 is 0 Å². The molecule has 0 bridgehead atoms. The molecule has 0 amide bonds. The second-order valence-electron chi connectivity index (χ2n) is 5.44. The van der Waals surface area contributed by atoms with Crippen LogP contribution in [-0.4, -0.2) is 28.5 Å². The van der Waals surface area contributed by atoms with Gasteiger partial charge in [-0.25, -0.2) is 0 Å². The molecule has 18 heavy (non-hydrogen) atoms. The molecule has 102 valence electrons. The standard InChI is InChI=1S/C14H25N3O/c1-4-10(2)17-7-5-12(16-17)9-14(15)13-6-8-18-11(13)3/h5,7,10-11,13-14H,4,6,8-9,15H2,1-3H3. The van der Waals surface area contributed by atoms with Gasteiger partial charge in [-0.3, -0.25) is 4.68 Å². The summed E-state index contributed by atoms with van der Waals surface area (Å²) in [6.45, 7) is 7.33. The fourth-order valence-corrected chi connectivity index (χ4v) is 2.62. The van der Waals surface area contributed by atoms with Crippen LogP contribution in [0, 0.1) is 5.92 Å². The van der Waals surface area contributed by atoms with E-state index in [-0.39, 0.29) is 12.1 Å². The van der Waals surface area contributed by atoms with E-state index in [1.165, 1.54) is 0 Å². The molecule has 1 saturated heterocycles. The minimum atomic E-state index is 0.155. The maximum Gasteiger partial charge on any atom is 0.0640 e. The number of nitrogens with zero attached hydrogens (tertiary/aromatic N) is 2. The maximum absolute atomic E-state index is 6.29. The average Bonchev–Trinajstić information content (AvgIpc) is 2.97. The highest BCUT2D eigenvalue weighted by atomic mass is 16.5. The van der Waals surface area contributed by atoms with Gasteiger partial charge in [-0.15, -0.1) is 0 Å². The molecule has 4 nitrogen and oxygen atoms in total. The van der Waals surface area contributed by atoms with Crippen molar-refractivity contribution in [2.75, 3.05) is 6.61 Å². The lowest BCUT2D eigenvalue weighted by molar-refractivity contribution is 0.0994. The topological polar surface area (TPSA) is 53.1 Å². The number of aromatic nitrogens is 2. The second-order valence-corrected chi connectivity index (χ2v) is 5.44. The van der Waals surface area contributed by atoms with Crippen LogP contribution >= 0.6 is 0 Å². The largest absolute Gasteiger partial charge is 0.378 e. The third kappa shape index (κ3) is 2.93. The minimum Gasteiger partial charge on any atom is -0.378 e. The Balaban J connectivity index is 1.94. The van der Waals surface area contributed by atoms with Crippen molar-refractivity contribution in [2.45, 2.75) is 58.2 Å². The van der Waals surface area contributed by atoms with Gasteiger partial charge in [-0.2, -0.15) is 5.10 Å². The predicted molar refractivity (Wildman–Crippen MR) is 72.4 cm³/mol. The van der Waals surface area contributed by atoms with Crippen LogP contribution in [0.3, 0.4) is 0 Å². The molecule has 4 unspecified atom stereocenters. The number of rotatable bonds is 5. The lowest BCUT2D eigenvalue weighted by Gasteiger charge is -2.21. The summed E-state index contributed by atoms with van der Waals surface area (Å²) in [6, 6.07) is 2.71. The molecule has 4 heteroatoms. The van der Waals surface area contributed by atoms with E-state index < -0.39 is 0 Å². The van der Waals surface area contributed by atoms with Gasteiger partial charge in [0.1, 0.15) is 0 Å². The van der Waals surface area contributed by atoms with Gasteiger partial charge >= 0.3 is 0 Å². The first-order valence-corrected chi connectivity index (χ1v) is 7.03. The van der Waals surface area contributed by atoms with Gasteiger partial charge in [0.25, 0.3) is 0 Å². The summed E-state index contributed by atoms with van der Waals surface area (Å²) in [7, 11) is 0. The van der Waals surface area contributed by atoms with E-state index in [1.807, 2.05) is 4.68 Å². The molecule has 2 heterocycles. The fraction of sp³-hybridized carbons (Fsp3) is 0.786. The van der Waals surface area contributed by atoms with Crippen LogP contribution in [-0.2, 0) is 11.2 Å². The van der Waals surface area contributed by atoms with Crippen LogP contribution in [0.1, 0.15) is 45.3 Å². The van der Waals surface area contributed by atoms with Crippen LogP contribution in [0.5, 0.6) is 0 Å². The zero-order valence-electron chi connectivity index (χ0n) is 11.7. The molecule has 2 N–H and O–H groups in total. The summed E-state index contributed by atoms with van der Waals surface area (Å²) in [5.74, 6) is 0.471. The molecular formula is C14H25N3O. The Hall–Kier alpha value is -0.870. The number of ether oxygens (including phenoxy) is 1. The van der Waals surface area contributed by atoms with Gasteiger partial charge in [-0.05, 0) is 32.8 Å². The van der Waals surface area contributed by atoms with Gasteiger partial charge in [0, 0.05) is 37.2 Å². The van der Waals surface area contributed by atoms with E-state index in [0.717, 1.165) is 31.6 Å². The van der Waals surface area contributed by atoms with Crippen LogP contribution < -0.4 is 5.73 Å². The Morgan fingerprint density at radius 3 is 3.00 bits per heavy atom. The molecule has 0 spiro atoms. The van der Waals surface area contributed by atoms with Crippen LogP contribution in [0.25, 0.3) is 0 Å². The first-order chi connectivity index (χ1) is 8.61. The SMILES string of the molecule is CCC(C)n1ccc(CC(N)C2CCOC2C)n1. The quantitative estimate of drug-likeness (QED) is 0.872. The molecule has 0 radical (unpaired) electrons. The summed E-state index contributed by atoms with van der Waals surface area (Å²) in [6.07, 6.45) is 5.37. The lowest BCUT2D eigenvalue weighted by atomic mass is 9.91. The van der Waals surface area contributed by atoms with Crippen LogP contribution in [0.4, 0.5) is 0 Å². The lowest BCUT2D eigenvalue weighted by Crippen LogP contribution is -2.36. The Labute approximate surface area is 110 Å². The molecular weight excluding hydrogens is 226 g/mol. The van der Waals surface area contributed by atoms with Gasteiger partial charge < -0.3 is 10.5 Å². The van der Waals surface area contributed by atoms with Crippen molar-refractivity contribution in [2.24, 2.45) is 11.7 Å². The second kappa shape index (κ2) is 5.85. The highest BCUT2D eigenvalue weighted by Crippen LogP contribution is 2.24. The molecule has 0 saturated carbocycles. The van der Waals surface area contributed by atoms with Gasteiger partial charge in [-0.1, -0.05) is 6.92 Å². The molecule has 1 aromatic rings. The third-order valence-corrected chi connectivity index (χ3v) is 4.14. The molecule has 0 aliphatic carbocycles. The minimum absolute atomic E-state index is 0.155. The average molecular weight is 251 g/mol. The highest BCUT2D eigenvalue weighted by molar-refractivity contribution is 5.03. The zero-order valence-corrected chi connectivity index (χ0v) is 11.7. The van der Waals surface area contributed by atoms with E-state index in [1.54, 1.807) is 0 Å². The smallest absolute Gasteiger partial charge is 0.0640 e. The van der Waals surface area contributed by atoms with Crippen molar-refractivity contribution in [1.29, 1.82) is 0 Å². The van der Waals surface area contributed by atoms with E-state index in [2.05, 4.69) is 38.1 Å². The Bertz CT molecular complexity index is 377. The van der Waals surface area contributed by atoms with Gasteiger partial charge in [0.05, 0.1) is 11.8 Å². The third-order valence-electron chi connectivity index (χ3n) is 4.14.